The van der Waals surface area contributed by atoms with Gasteiger partial charge in [-0.2, -0.15) is 0 Å². The maximum atomic E-state index is 9.90. The van der Waals surface area contributed by atoms with E-state index in [9.17, 15) is 5.11 Å². The monoisotopic (exact) mass is 213 g/mol. The molecule has 0 heterocycles. The average molecular weight is 213 g/mol. The van der Waals surface area contributed by atoms with Gasteiger partial charge in [0.05, 0.1) is 0 Å². The fourth-order valence-electron chi connectivity index (χ4n) is 1.93. The standard InChI is InChI=1S/C14H15NO/c1-10(8-9-15)14-12-5-3-2-4-11(12)6-7-13(14)16/h2-7,16H,1,8-9,15H2. The van der Waals surface area contributed by atoms with E-state index in [1.54, 1.807) is 6.07 Å². The Labute approximate surface area is 95.0 Å². The van der Waals surface area contributed by atoms with Crippen LogP contribution in [0, 0.1) is 0 Å². The number of benzene rings is 2. The van der Waals surface area contributed by atoms with Gasteiger partial charge in [0, 0.05) is 5.56 Å². The van der Waals surface area contributed by atoms with Crippen LogP contribution in [0.2, 0.25) is 0 Å². The Bertz CT molecular complexity index is 531. The van der Waals surface area contributed by atoms with E-state index in [0.717, 1.165) is 21.9 Å². The van der Waals surface area contributed by atoms with Gasteiger partial charge in [0.25, 0.3) is 0 Å². The highest BCUT2D eigenvalue weighted by atomic mass is 16.3. The van der Waals surface area contributed by atoms with Crippen molar-refractivity contribution in [3.63, 3.8) is 0 Å². The number of rotatable bonds is 3. The Balaban J connectivity index is 2.66. The zero-order chi connectivity index (χ0) is 11.5. The molecule has 0 unspecified atom stereocenters. The third kappa shape index (κ3) is 1.79. The SMILES string of the molecule is C=C(CCN)c1c(O)ccc2ccccc12. The lowest BCUT2D eigenvalue weighted by Crippen LogP contribution is -1.99. The van der Waals surface area contributed by atoms with E-state index in [1.165, 1.54) is 0 Å². The summed E-state index contributed by atoms with van der Waals surface area (Å²) in [6.07, 6.45) is 0.696. The van der Waals surface area contributed by atoms with Crippen LogP contribution in [0.1, 0.15) is 12.0 Å². The molecule has 0 saturated carbocycles. The van der Waals surface area contributed by atoms with Crippen LogP contribution in [0.3, 0.4) is 0 Å². The Morgan fingerprint density at radius 1 is 1.19 bits per heavy atom. The number of fused-ring (bicyclic) bond motifs is 1. The second-order valence-electron chi connectivity index (χ2n) is 3.82. The molecule has 82 valence electrons. The fourth-order valence-corrected chi connectivity index (χ4v) is 1.93. The van der Waals surface area contributed by atoms with Crippen LogP contribution >= 0.6 is 0 Å². The van der Waals surface area contributed by atoms with Gasteiger partial charge in [-0.3, -0.25) is 0 Å². The highest BCUT2D eigenvalue weighted by Crippen LogP contribution is 2.33. The lowest BCUT2D eigenvalue weighted by Gasteiger charge is -2.11. The van der Waals surface area contributed by atoms with E-state index in [0.29, 0.717) is 13.0 Å². The molecule has 0 atom stereocenters. The van der Waals surface area contributed by atoms with Crippen molar-refractivity contribution in [2.24, 2.45) is 5.73 Å². The first-order valence-corrected chi connectivity index (χ1v) is 5.33. The Hall–Kier alpha value is -1.80. The van der Waals surface area contributed by atoms with Gasteiger partial charge in [-0.25, -0.2) is 0 Å². The zero-order valence-electron chi connectivity index (χ0n) is 9.11. The number of hydrogen-bond acceptors (Lipinski definition) is 2. The van der Waals surface area contributed by atoms with Crippen LogP contribution in [0.15, 0.2) is 43.0 Å². The van der Waals surface area contributed by atoms with Gasteiger partial charge in [-0.15, -0.1) is 0 Å². The highest BCUT2D eigenvalue weighted by molar-refractivity contribution is 5.95. The number of phenols is 1. The van der Waals surface area contributed by atoms with E-state index >= 15 is 0 Å². The summed E-state index contributed by atoms with van der Waals surface area (Å²) in [5, 5.41) is 12.0. The quantitative estimate of drug-likeness (QED) is 0.823. The zero-order valence-corrected chi connectivity index (χ0v) is 9.11. The minimum Gasteiger partial charge on any atom is -0.507 e. The molecule has 2 rings (SSSR count). The van der Waals surface area contributed by atoms with Gasteiger partial charge in [-0.1, -0.05) is 36.9 Å². The summed E-state index contributed by atoms with van der Waals surface area (Å²) >= 11 is 0. The van der Waals surface area contributed by atoms with Crippen LogP contribution in [0.25, 0.3) is 16.3 Å². The van der Waals surface area contributed by atoms with Crippen LogP contribution < -0.4 is 5.73 Å². The molecule has 3 N–H and O–H groups in total. The van der Waals surface area contributed by atoms with Crippen molar-refractivity contribution in [2.45, 2.75) is 6.42 Å². The van der Waals surface area contributed by atoms with E-state index in [1.807, 2.05) is 30.3 Å². The van der Waals surface area contributed by atoms with Crippen molar-refractivity contribution in [1.82, 2.24) is 0 Å². The molecule has 2 nitrogen and oxygen atoms in total. The van der Waals surface area contributed by atoms with Gasteiger partial charge >= 0.3 is 0 Å². The number of aromatic hydroxyl groups is 1. The minimum absolute atomic E-state index is 0.275. The van der Waals surface area contributed by atoms with Crippen molar-refractivity contribution in [3.05, 3.63) is 48.5 Å². The molecule has 0 fully saturated rings. The third-order valence-electron chi connectivity index (χ3n) is 2.71. The molecule has 0 bridgehead atoms. The maximum Gasteiger partial charge on any atom is 0.123 e. The number of nitrogens with two attached hydrogens (primary N) is 1. The van der Waals surface area contributed by atoms with Crippen molar-refractivity contribution in [1.29, 1.82) is 0 Å². The summed E-state index contributed by atoms with van der Waals surface area (Å²) in [6.45, 7) is 4.53. The Morgan fingerprint density at radius 2 is 1.94 bits per heavy atom. The molecule has 0 amide bonds. The molecule has 0 saturated heterocycles. The second-order valence-corrected chi connectivity index (χ2v) is 3.82. The summed E-state index contributed by atoms with van der Waals surface area (Å²) in [4.78, 5) is 0. The highest BCUT2D eigenvalue weighted by Gasteiger charge is 2.09. The Morgan fingerprint density at radius 3 is 2.69 bits per heavy atom. The molecule has 0 radical (unpaired) electrons. The largest absolute Gasteiger partial charge is 0.507 e. The van der Waals surface area contributed by atoms with E-state index in [4.69, 9.17) is 5.73 Å². The molecule has 2 aromatic rings. The topological polar surface area (TPSA) is 46.2 Å². The fraction of sp³-hybridized carbons (Fsp3) is 0.143. The van der Waals surface area contributed by atoms with Gasteiger partial charge in [0.1, 0.15) is 5.75 Å². The van der Waals surface area contributed by atoms with E-state index in [2.05, 4.69) is 6.58 Å². The Kier molecular flexibility index (Phi) is 2.93. The maximum absolute atomic E-state index is 9.90. The molecule has 0 aliphatic heterocycles. The normalized spacial score (nSPS) is 10.6. The summed E-state index contributed by atoms with van der Waals surface area (Å²) < 4.78 is 0. The first-order valence-electron chi connectivity index (χ1n) is 5.33. The average Bonchev–Trinajstić information content (AvgIpc) is 2.29. The van der Waals surface area contributed by atoms with Crippen LogP contribution in [-0.2, 0) is 0 Å². The number of hydrogen-bond donors (Lipinski definition) is 2. The van der Waals surface area contributed by atoms with E-state index < -0.39 is 0 Å². The molecule has 0 aliphatic carbocycles. The van der Waals surface area contributed by atoms with Crippen molar-refractivity contribution < 1.29 is 5.11 Å². The van der Waals surface area contributed by atoms with Crippen LogP contribution in [0.4, 0.5) is 0 Å². The predicted octanol–water partition coefficient (Wildman–Crippen LogP) is 2.91. The summed E-state index contributed by atoms with van der Waals surface area (Å²) in [7, 11) is 0. The second kappa shape index (κ2) is 4.37. The minimum atomic E-state index is 0.275. The molecular weight excluding hydrogens is 198 g/mol. The molecule has 2 heteroatoms. The lowest BCUT2D eigenvalue weighted by atomic mass is 9.96. The smallest absolute Gasteiger partial charge is 0.123 e. The lowest BCUT2D eigenvalue weighted by molar-refractivity contribution is 0.474. The molecule has 16 heavy (non-hydrogen) atoms. The molecule has 0 aromatic heterocycles. The number of phenolic OH excluding ortho intramolecular Hbond substituents is 1. The summed E-state index contributed by atoms with van der Waals surface area (Å²) in [5.74, 6) is 0.275. The van der Waals surface area contributed by atoms with Crippen molar-refractivity contribution in [3.8, 4) is 5.75 Å². The van der Waals surface area contributed by atoms with Crippen molar-refractivity contribution >= 4 is 16.3 Å². The molecular formula is C14H15NO. The summed E-state index contributed by atoms with van der Waals surface area (Å²) in [6, 6.07) is 11.6. The third-order valence-corrected chi connectivity index (χ3v) is 2.71. The first-order chi connectivity index (χ1) is 7.74. The van der Waals surface area contributed by atoms with Gasteiger partial charge < -0.3 is 10.8 Å². The molecule has 0 aliphatic rings. The predicted molar refractivity (Wildman–Crippen MR) is 68.3 cm³/mol. The molecule has 0 spiro atoms. The van der Waals surface area contributed by atoms with Crippen LogP contribution in [-0.4, -0.2) is 11.7 Å². The van der Waals surface area contributed by atoms with Gasteiger partial charge in [0.15, 0.2) is 0 Å². The van der Waals surface area contributed by atoms with E-state index in [-0.39, 0.29) is 5.75 Å². The van der Waals surface area contributed by atoms with Crippen molar-refractivity contribution in [2.75, 3.05) is 6.54 Å². The summed E-state index contributed by atoms with van der Waals surface area (Å²) in [5.41, 5.74) is 7.23. The van der Waals surface area contributed by atoms with Gasteiger partial charge in [-0.05, 0) is 35.4 Å². The molecule has 2 aromatic carbocycles. The first kappa shape index (κ1) is 10.7. The van der Waals surface area contributed by atoms with Crippen LogP contribution in [0.5, 0.6) is 5.75 Å². The van der Waals surface area contributed by atoms with Gasteiger partial charge in [0.2, 0.25) is 0 Å².